The van der Waals surface area contributed by atoms with Crippen molar-refractivity contribution in [2.24, 2.45) is 0 Å². The zero-order valence-corrected chi connectivity index (χ0v) is 17.5. The molecule has 0 bridgehead atoms. The molecule has 0 spiro atoms. The van der Waals surface area contributed by atoms with Gasteiger partial charge in [0, 0.05) is 0 Å². The number of aromatic amines is 1. The summed E-state index contributed by atoms with van der Waals surface area (Å²) >= 11 is 0. The smallest absolute Gasteiger partial charge is 0.272 e. The molecule has 1 amide bonds. The molecular formula is C22H21N5O3S. The molecule has 1 unspecified atom stereocenters. The summed E-state index contributed by atoms with van der Waals surface area (Å²) < 4.78 is 25.7. The summed E-state index contributed by atoms with van der Waals surface area (Å²) in [5.74, 6) is 0.491. The fourth-order valence-electron chi connectivity index (χ4n) is 3.92. The summed E-state index contributed by atoms with van der Waals surface area (Å²) in [5.41, 5.74) is 3.61. The van der Waals surface area contributed by atoms with Gasteiger partial charge in [-0.05, 0) is 30.2 Å². The molecule has 8 nitrogen and oxygen atoms in total. The molecule has 2 aromatic carbocycles. The molecule has 31 heavy (non-hydrogen) atoms. The van der Waals surface area contributed by atoms with Gasteiger partial charge in [-0.2, -0.15) is 5.10 Å². The Morgan fingerprint density at radius 3 is 2.65 bits per heavy atom. The van der Waals surface area contributed by atoms with Gasteiger partial charge in [-0.15, -0.1) is 0 Å². The van der Waals surface area contributed by atoms with Crippen LogP contribution in [0.25, 0.3) is 22.3 Å². The third kappa shape index (κ3) is 3.96. The third-order valence-corrected chi connectivity index (χ3v) is 7.20. The highest BCUT2D eigenvalue weighted by Gasteiger charge is 2.32. The molecule has 1 saturated heterocycles. The van der Waals surface area contributed by atoms with E-state index in [2.05, 4.69) is 20.4 Å². The molecule has 0 radical (unpaired) electrons. The molecule has 1 aliphatic heterocycles. The zero-order valence-electron chi connectivity index (χ0n) is 16.7. The quantitative estimate of drug-likeness (QED) is 0.501. The van der Waals surface area contributed by atoms with Gasteiger partial charge >= 0.3 is 0 Å². The average Bonchev–Trinajstić information content (AvgIpc) is 3.48. The Balaban J connectivity index is 1.41. The van der Waals surface area contributed by atoms with E-state index in [9.17, 15) is 13.2 Å². The highest BCUT2D eigenvalue weighted by molar-refractivity contribution is 7.91. The Morgan fingerprint density at radius 2 is 1.90 bits per heavy atom. The lowest BCUT2D eigenvalue weighted by Crippen LogP contribution is -2.24. The number of para-hydroxylation sites is 2. The van der Waals surface area contributed by atoms with Crippen LogP contribution in [0, 0.1) is 0 Å². The van der Waals surface area contributed by atoms with Crippen LogP contribution in [0.15, 0.2) is 60.7 Å². The lowest BCUT2D eigenvalue weighted by molar-refractivity contribution is 0.0944. The van der Waals surface area contributed by atoms with Gasteiger partial charge in [-0.25, -0.2) is 13.4 Å². The highest BCUT2D eigenvalue weighted by atomic mass is 32.2. The van der Waals surface area contributed by atoms with E-state index in [1.165, 1.54) is 0 Å². The van der Waals surface area contributed by atoms with Gasteiger partial charge in [0.2, 0.25) is 0 Å². The number of imidazole rings is 1. The Morgan fingerprint density at radius 1 is 1.13 bits per heavy atom. The molecule has 1 atom stereocenters. The summed E-state index contributed by atoms with van der Waals surface area (Å²) in [7, 11) is -3.09. The first kappa shape index (κ1) is 19.5. The normalized spacial score (nSPS) is 17.7. The maximum Gasteiger partial charge on any atom is 0.272 e. The molecule has 9 heteroatoms. The number of amides is 1. The fourth-order valence-corrected chi connectivity index (χ4v) is 5.61. The third-order valence-electron chi connectivity index (χ3n) is 5.45. The molecule has 2 N–H and O–H groups in total. The molecule has 0 aliphatic carbocycles. The second kappa shape index (κ2) is 7.66. The number of hydrogen-bond acceptors (Lipinski definition) is 5. The molecule has 5 rings (SSSR count). The first-order valence-electron chi connectivity index (χ1n) is 10.1. The van der Waals surface area contributed by atoms with Crippen LogP contribution in [-0.4, -0.2) is 45.6 Å². The second-order valence-electron chi connectivity index (χ2n) is 7.67. The number of nitrogens with one attached hydrogen (secondary N) is 2. The number of fused-ring (bicyclic) bond motifs is 1. The van der Waals surface area contributed by atoms with E-state index in [0.717, 1.165) is 22.3 Å². The van der Waals surface area contributed by atoms with Gasteiger partial charge in [0.15, 0.2) is 15.5 Å². The summed E-state index contributed by atoms with van der Waals surface area (Å²) in [5, 5.41) is 7.35. The number of carbonyl (C=O) groups is 1. The van der Waals surface area contributed by atoms with E-state index >= 15 is 0 Å². The number of hydrogen-bond donors (Lipinski definition) is 2. The van der Waals surface area contributed by atoms with E-state index in [1.807, 2.05) is 54.6 Å². The van der Waals surface area contributed by atoms with E-state index in [-0.39, 0.29) is 35.7 Å². The summed E-state index contributed by atoms with van der Waals surface area (Å²) in [6, 6.07) is 18.7. The Labute approximate surface area is 179 Å². The van der Waals surface area contributed by atoms with Crippen molar-refractivity contribution >= 4 is 26.8 Å². The minimum absolute atomic E-state index is 0.0363. The molecule has 158 valence electrons. The van der Waals surface area contributed by atoms with Crippen molar-refractivity contribution in [3.05, 3.63) is 72.2 Å². The standard InChI is InChI=1S/C22H21N5O3S/c28-22(23-13-21-24-17-8-4-5-9-18(17)25-21)19-12-20(15-6-2-1-3-7-15)27(26-19)16-10-11-31(29,30)14-16/h1-9,12,16H,10-11,13-14H2,(H,23,28)(H,24,25). The van der Waals surface area contributed by atoms with Gasteiger partial charge in [-0.1, -0.05) is 42.5 Å². The predicted molar refractivity (Wildman–Crippen MR) is 117 cm³/mol. The van der Waals surface area contributed by atoms with Crippen LogP contribution >= 0.6 is 0 Å². The Kier molecular flexibility index (Phi) is 4.82. The summed E-state index contributed by atoms with van der Waals surface area (Å²) in [6.07, 6.45) is 0.490. The number of carbonyl (C=O) groups excluding carboxylic acids is 1. The van der Waals surface area contributed by atoms with Gasteiger partial charge in [0.05, 0.1) is 40.8 Å². The van der Waals surface area contributed by atoms with E-state index < -0.39 is 9.84 Å². The maximum absolute atomic E-state index is 12.8. The van der Waals surface area contributed by atoms with Crippen LogP contribution in [0.4, 0.5) is 0 Å². The second-order valence-corrected chi connectivity index (χ2v) is 9.89. The van der Waals surface area contributed by atoms with Crippen molar-refractivity contribution in [3.8, 4) is 11.3 Å². The number of nitrogens with zero attached hydrogens (tertiary/aromatic N) is 3. The lowest BCUT2D eigenvalue weighted by Gasteiger charge is -2.13. The first-order valence-corrected chi connectivity index (χ1v) is 11.9. The van der Waals surface area contributed by atoms with Crippen molar-refractivity contribution < 1.29 is 13.2 Å². The molecule has 1 fully saturated rings. The van der Waals surface area contributed by atoms with E-state index in [0.29, 0.717) is 12.2 Å². The van der Waals surface area contributed by atoms with Gasteiger partial charge < -0.3 is 10.3 Å². The topological polar surface area (TPSA) is 110 Å². The average molecular weight is 436 g/mol. The number of benzene rings is 2. The van der Waals surface area contributed by atoms with Gasteiger partial charge in [0.1, 0.15) is 5.82 Å². The van der Waals surface area contributed by atoms with Gasteiger partial charge in [-0.3, -0.25) is 9.48 Å². The van der Waals surface area contributed by atoms with E-state index in [1.54, 1.807) is 10.7 Å². The fraction of sp³-hybridized carbons (Fsp3) is 0.227. The molecular weight excluding hydrogens is 414 g/mol. The minimum Gasteiger partial charge on any atom is -0.343 e. The van der Waals surface area contributed by atoms with Crippen LogP contribution in [0.5, 0.6) is 0 Å². The molecule has 1 aliphatic rings. The van der Waals surface area contributed by atoms with Crippen molar-refractivity contribution in [2.75, 3.05) is 11.5 Å². The van der Waals surface area contributed by atoms with Crippen molar-refractivity contribution in [2.45, 2.75) is 19.0 Å². The first-order chi connectivity index (χ1) is 15.0. The molecule has 0 saturated carbocycles. The zero-order chi connectivity index (χ0) is 21.4. The van der Waals surface area contributed by atoms with Crippen LogP contribution in [-0.2, 0) is 16.4 Å². The van der Waals surface area contributed by atoms with Crippen LogP contribution in [0.3, 0.4) is 0 Å². The van der Waals surface area contributed by atoms with Crippen LogP contribution < -0.4 is 5.32 Å². The Bertz CT molecular complexity index is 1330. The Hall–Kier alpha value is -3.46. The van der Waals surface area contributed by atoms with Crippen LogP contribution in [0.1, 0.15) is 28.8 Å². The molecule has 2 aromatic heterocycles. The maximum atomic E-state index is 12.8. The number of aromatic nitrogens is 4. The predicted octanol–water partition coefficient (Wildman–Crippen LogP) is 2.72. The number of H-pyrrole nitrogens is 1. The highest BCUT2D eigenvalue weighted by Crippen LogP contribution is 2.30. The van der Waals surface area contributed by atoms with Gasteiger partial charge in [0.25, 0.3) is 5.91 Å². The molecule has 4 aromatic rings. The van der Waals surface area contributed by atoms with E-state index in [4.69, 9.17) is 0 Å². The summed E-state index contributed by atoms with van der Waals surface area (Å²) in [4.78, 5) is 20.5. The van der Waals surface area contributed by atoms with Crippen molar-refractivity contribution in [3.63, 3.8) is 0 Å². The number of rotatable bonds is 5. The SMILES string of the molecule is O=C(NCc1nc2ccccc2[nH]1)c1cc(-c2ccccc2)n(C2CCS(=O)(=O)C2)n1. The number of sulfone groups is 1. The monoisotopic (exact) mass is 435 g/mol. The lowest BCUT2D eigenvalue weighted by atomic mass is 10.1. The molecule has 3 heterocycles. The van der Waals surface area contributed by atoms with Crippen LogP contribution in [0.2, 0.25) is 0 Å². The van der Waals surface area contributed by atoms with Crippen molar-refractivity contribution in [1.82, 2.24) is 25.1 Å². The van der Waals surface area contributed by atoms with Crippen molar-refractivity contribution in [1.29, 1.82) is 0 Å². The summed E-state index contributed by atoms with van der Waals surface area (Å²) in [6.45, 7) is 0.235. The minimum atomic E-state index is -3.09. The largest absolute Gasteiger partial charge is 0.343 e.